The number of hydrogen-bond donors (Lipinski definition) is 1. The van der Waals surface area contributed by atoms with Crippen molar-refractivity contribution in [1.82, 2.24) is 5.32 Å². The van der Waals surface area contributed by atoms with Crippen LogP contribution in [0.15, 0.2) is 18.2 Å². The van der Waals surface area contributed by atoms with E-state index in [1.807, 2.05) is 6.92 Å². The third kappa shape index (κ3) is 3.95. The Balaban J connectivity index is 2.65. The van der Waals surface area contributed by atoms with E-state index in [0.29, 0.717) is 12.4 Å². The molecule has 1 aromatic rings. The second-order valence-electron chi connectivity index (χ2n) is 4.06. The Morgan fingerprint density at radius 2 is 2.00 bits per heavy atom. The molecular formula is C13H16ClF2NO. The molecule has 2 nitrogen and oxygen atoms in total. The van der Waals surface area contributed by atoms with Crippen molar-refractivity contribution in [2.45, 2.75) is 19.8 Å². The van der Waals surface area contributed by atoms with Crippen molar-refractivity contribution in [3.8, 4) is 0 Å². The molecule has 1 rings (SSSR count). The molecule has 1 N–H and O–H groups in total. The Bertz CT molecular complexity index is 392. The smallest absolute Gasteiger partial charge is 0.257 e. The van der Waals surface area contributed by atoms with Crippen LogP contribution in [0.1, 0.15) is 30.1 Å². The van der Waals surface area contributed by atoms with Crippen molar-refractivity contribution in [2.24, 2.45) is 5.92 Å². The molecule has 0 fully saturated rings. The molecule has 100 valence electrons. The maximum atomic E-state index is 13.3. The molecule has 0 radical (unpaired) electrons. The van der Waals surface area contributed by atoms with Crippen molar-refractivity contribution < 1.29 is 13.6 Å². The van der Waals surface area contributed by atoms with Gasteiger partial charge >= 0.3 is 0 Å². The quantitative estimate of drug-likeness (QED) is 0.793. The molecule has 0 bridgehead atoms. The summed E-state index contributed by atoms with van der Waals surface area (Å²) in [7, 11) is 0. The van der Waals surface area contributed by atoms with E-state index in [0.717, 1.165) is 25.0 Å². The van der Waals surface area contributed by atoms with E-state index in [2.05, 4.69) is 5.32 Å². The van der Waals surface area contributed by atoms with Crippen LogP contribution in [-0.2, 0) is 0 Å². The van der Waals surface area contributed by atoms with Crippen LogP contribution < -0.4 is 5.32 Å². The fraction of sp³-hybridized carbons (Fsp3) is 0.462. The summed E-state index contributed by atoms with van der Waals surface area (Å²) < 4.78 is 26.7. The topological polar surface area (TPSA) is 29.1 Å². The first kappa shape index (κ1) is 14.9. The lowest BCUT2D eigenvalue weighted by Gasteiger charge is -2.14. The lowest BCUT2D eigenvalue weighted by Crippen LogP contribution is -2.30. The molecule has 0 aromatic heterocycles. The summed E-state index contributed by atoms with van der Waals surface area (Å²) in [6.45, 7) is 2.35. The van der Waals surface area contributed by atoms with Gasteiger partial charge in [0.2, 0.25) is 0 Å². The molecule has 1 amide bonds. The van der Waals surface area contributed by atoms with Crippen LogP contribution in [0.25, 0.3) is 0 Å². The van der Waals surface area contributed by atoms with Gasteiger partial charge in [0.25, 0.3) is 5.91 Å². The number of halogens is 3. The lowest BCUT2D eigenvalue weighted by atomic mass is 10.0. The van der Waals surface area contributed by atoms with Gasteiger partial charge in [0.15, 0.2) is 0 Å². The van der Waals surface area contributed by atoms with Gasteiger partial charge in [-0.1, -0.05) is 19.4 Å². The first-order valence-corrected chi connectivity index (χ1v) is 6.41. The lowest BCUT2D eigenvalue weighted by molar-refractivity contribution is 0.0938. The van der Waals surface area contributed by atoms with Crippen LogP contribution in [0, 0.1) is 17.6 Å². The number of carbonyl (C=O) groups is 1. The number of carbonyl (C=O) groups excluding carboxylic acids is 1. The normalized spacial score (nSPS) is 12.2. The minimum absolute atomic E-state index is 0.223. The summed E-state index contributed by atoms with van der Waals surface area (Å²) in [4.78, 5) is 11.7. The van der Waals surface area contributed by atoms with E-state index < -0.39 is 23.1 Å². The molecule has 0 spiro atoms. The number of nitrogens with one attached hydrogen (secondary N) is 1. The van der Waals surface area contributed by atoms with Crippen LogP contribution in [0.4, 0.5) is 8.78 Å². The first-order valence-electron chi connectivity index (χ1n) is 5.88. The summed E-state index contributed by atoms with van der Waals surface area (Å²) in [6, 6.07) is 3.35. The summed E-state index contributed by atoms with van der Waals surface area (Å²) in [5.74, 6) is -1.70. The number of rotatable bonds is 6. The SMILES string of the molecule is CCC(CCCl)CNC(=O)c1c(F)cccc1F. The van der Waals surface area contributed by atoms with Crippen LogP contribution in [0.2, 0.25) is 0 Å². The average molecular weight is 276 g/mol. The molecule has 5 heteroatoms. The Hall–Kier alpha value is -1.16. The van der Waals surface area contributed by atoms with Gasteiger partial charge in [0, 0.05) is 12.4 Å². The second-order valence-corrected chi connectivity index (χ2v) is 4.44. The number of amides is 1. The zero-order valence-electron chi connectivity index (χ0n) is 10.2. The van der Waals surface area contributed by atoms with Gasteiger partial charge in [-0.25, -0.2) is 8.78 Å². The van der Waals surface area contributed by atoms with E-state index in [9.17, 15) is 13.6 Å². The summed E-state index contributed by atoms with van der Waals surface area (Å²) in [5, 5.41) is 2.54. The van der Waals surface area contributed by atoms with Crippen molar-refractivity contribution >= 4 is 17.5 Å². The molecule has 0 saturated heterocycles. The van der Waals surface area contributed by atoms with Crippen molar-refractivity contribution in [3.05, 3.63) is 35.4 Å². The first-order chi connectivity index (χ1) is 8.60. The second kappa shape index (κ2) is 7.31. The summed E-state index contributed by atoms with van der Waals surface area (Å²) in [5.41, 5.74) is -0.529. The van der Waals surface area contributed by atoms with E-state index in [4.69, 9.17) is 11.6 Å². The molecular weight excluding hydrogens is 260 g/mol. The molecule has 0 aliphatic heterocycles. The monoisotopic (exact) mass is 275 g/mol. The minimum atomic E-state index is -0.849. The number of alkyl halides is 1. The highest BCUT2D eigenvalue weighted by molar-refractivity contribution is 6.17. The van der Waals surface area contributed by atoms with Crippen LogP contribution in [0.5, 0.6) is 0 Å². The van der Waals surface area contributed by atoms with Crippen molar-refractivity contribution in [3.63, 3.8) is 0 Å². The third-order valence-electron chi connectivity index (χ3n) is 2.84. The summed E-state index contributed by atoms with van der Waals surface area (Å²) >= 11 is 5.63. The Kier molecular flexibility index (Phi) is 6.05. The van der Waals surface area contributed by atoms with Crippen molar-refractivity contribution in [2.75, 3.05) is 12.4 Å². The van der Waals surface area contributed by atoms with Gasteiger partial charge in [0.1, 0.15) is 17.2 Å². The summed E-state index contributed by atoms with van der Waals surface area (Å²) in [6.07, 6.45) is 1.62. The highest BCUT2D eigenvalue weighted by Gasteiger charge is 2.17. The molecule has 1 unspecified atom stereocenters. The fourth-order valence-corrected chi connectivity index (χ4v) is 1.95. The number of benzene rings is 1. The predicted octanol–water partition coefficient (Wildman–Crippen LogP) is 3.35. The Morgan fingerprint density at radius 1 is 1.39 bits per heavy atom. The Morgan fingerprint density at radius 3 is 2.50 bits per heavy atom. The molecule has 0 heterocycles. The third-order valence-corrected chi connectivity index (χ3v) is 3.05. The van der Waals surface area contributed by atoms with E-state index in [1.165, 1.54) is 6.07 Å². The van der Waals surface area contributed by atoms with Gasteiger partial charge in [-0.15, -0.1) is 11.6 Å². The highest BCUT2D eigenvalue weighted by atomic mass is 35.5. The molecule has 0 aliphatic rings. The molecule has 18 heavy (non-hydrogen) atoms. The van der Waals surface area contributed by atoms with Crippen LogP contribution in [-0.4, -0.2) is 18.3 Å². The van der Waals surface area contributed by atoms with Gasteiger partial charge in [-0.05, 0) is 24.5 Å². The van der Waals surface area contributed by atoms with E-state index >= 15 is 0 Å². The van der Waals surface area contributed by atoms with Gasteiger partial charge in [0.05, 0.1) is 0 Å². The molecule has 0 aliphatic carbocycles. The predicted molar refractivity (Wildman–Crippen MR) is 67.8 cm³/mol. The number of hydrogen-bond acceptors (Lipinski definition) is 1. The highest BCUT2D eigenvalue weighted by Crippen LogP contribution is 2.13. The fourth-order valence-electron chi connectivity index (χ4n) is 1.64. The van der Waals surface area contributed by atoms with Gasteiger partial charge in [-0.3, -0.25) is 4.79 Å². The maximum absolute atomic E-state index is 13.3. The molecule has 1 atom stereocenters. The zero-order valence-corrected chi connectivity index (χ0v) is 10.9. The van der Waals surface area contributed by atoms with Crippen molar-refractivity contribution in [1.29, 1.82) is 0 Å². The average Bonchev–Trinajstić information content (AvgIpc) is 2.34. The van der Waals surface area contributed by atoms with Gasteiger partial charge in [-0.2, -0.15) is 0 Å². The van der Waals surface area contributed by atoms with E-state index in [1.54, 1.807) is 0 Å². The standard InChI is InChI=1S/C13H16ClF2NO/c1-2-9(6-7-14)8-17-13(18)12-10(15)4-3-5-11(12)16/h3-5,9H,2,6-8H2,1H3,(H,17,18). The largest absolute Gasteiger partial charge is 0.352 e. The van der Waals surface area contributed by atoms with Gasteiger partial charge < -0.3 is 5.32 Å². The molecule has 1 aromatic carbocycles. The minimum Gasteiger partial charge on any atom is -0.352 e. The van der Waals surface area contributed by atoms with Crippen LogP contribution >= 0.6 is 11.6 Å². The Labute approximate surface area is 110 Å². The maximum Gasteiger partial charge on any atom is 0.257 e. The molecule has 0 saturated carbocycles. The zero-order chi connectivity index (χ0) is 13.5. The van der Waals surface area contributed by atoms with Crippen LogP contribution in [0.3, 0.4) is 0 Å². The van der Waals surface area contributed by atoms with E-state index in [-0.39, 0.29) is 5.92 Å².